The fourth-order valence-corrected chi connectivity index (χ4v) is 5.06. The first kappa shape index (κ1) is 17.0. The molecule has 4 rings (SSSR count). The number of β-lactam (4-membered cyclic amide) rings is 1. The number of carbonyl (C=O) groups is 2. The van der Waals surface area contributed by atoms with E-state index in [1.54, 1.807) is 23.9 Å². The Labute approximate surface area is 156 Å². The van der Waals surface area contributed by atoms with Crippen LogP contribution in [0.5, 0.6) is 5.75 Å². The zero-order chi connectivity index (χ0) is 18.1. The molecule has 0 saturated carbocycles. The van der Waals surface area contributed by atoms with Crippen molar-refractivity contribution >= 4 is 23.6 Å². The number of hydrogen-bond acceptors (Lipinski definition) is 4. The van der Waals surface area contributed by atoms with Crippen molar-refractivity contribution in [2.45, 2.75) is 17.3 Å². The highest BCUT2D eigenvalue weighted by molar-refractivity contribution is 7.99. The molecule has 1 saturated heterocycles. The van der Waals surface area contributed by atoms with Crippen molar-refractivity contribution in [1.29, 1.82) is 0 Å². The molecule has 1 fully saturated rings. The van der Waals surface area contributed by atoms with E-state index in [1.807, 2.05) is 41.5 Å². The second-order valence-electron chi connectivity index (χ2n) is 6.40. The van der Waals surface area contributed by atoms with Crippen LogP contribution in [0.15, 0.2) is 54.6 Å². The van der Waals surface area contributed by atoms with Gasteiger partial charge in [0.25, 0.3) is 5.91 Å². The van der Waals surface area contributed by atoms with Gasteiger partial charge in [0.2, 0.25) is 5.91 Å². The van der Waals surface area contributed by atoms with Gasteiger partial charge in [0.15, 0.2) is 6.61 Å². The summed E-state index contributed by atoms with van der Waals surface area (Å²) in [5.41, 5.74) is 2.36. The first-order valence-corrected chi connectivity index (χ1v) is 9.81. The summed E-state index contributed by atoms with van der Waals surface area (Å²) in [4.78, 5) is 26.4. The summed E-state index contributed by atoms with van der Waals surface area (Å²) in [7, 11) is 0. The van der Waals surface area contributed by atoms with Gasteiger partial charge in [-0.25, -0.2) is 0 Å². The number of hydrogen-bond donors (Lipinski definition) is 1. The van der Waals surface area contributed by atoms with Gasteiger partial charge >= 0.3 is 0 Å². The maximum atomic E-state index is 12.6. The molecule has 0 radical (unpaired) electrons. The molecule has 2 unspecified atom stereocenters. The number of nitrogens with one attached hydrogen (secondary N) is 1. The number of benzene rings is 2. The molecular formula is C20H20N2O3S. The van der Waals surface area contributed by atoms with Crippen molar-refractivity contribution in [2.75, 3.05) is 19.4 Å². The minimum atomic E-state index is -0.564. The molecule has 2 heterocycles. The predicted molar refractivity (Wildman–Crippen MR) is 101 cm³/mol. The standard InChI is InChI=1S/C20H20N2O3S/c1-26-20-16-10-6-5-7-14(16)11-12-22(20)19(24)18(20)21-17(23)13-25-15-8-3-2-4-9-15/h2-10,18H,11-13H2,1H3,(H,21,23). The highest BCUT2D eigenvalue weighted by Crippen LogP contribution is 2.52. The number of nitrogens with zero attached hydrogens (tertiary/aromatic N) is 1. The normalized spacial score (nSPS) is 23.5. The summed E-state index contributed by atoms with van der Waals surface area (Å²) in [6.45, 7) is 0.573. The molecule has 0 spiro atoms. The highest BCUT2D eigenvalue weighted by Gasteiger charge is 2.63. The van der Waals surface area contributed by atoms with Crippen LogP contribution in [-0.2, 0) is 20.9 Å². The second kappa shape index (κ2) is 6.68. The van der Waals surface area contributed by atoms with Gasteiger partial charge in [-0.3, -0.25) is 9.59 Å². The van der Waals surface area contributed by atoms with Gasteiger partial charge in [-0.15, -0.1) is 11.8 Å². The molecule has 0 bridgehead atoms. The molecule has 26 heavy (non-hydrogen) atoms. The first-order valence-electron chi connectivity index (χ1n) is 8.59. The molecule has 1 N–H and O–H groups in total. The van der Waals surface area contributed by atoms with Crippen LogP contribution in [0, 0.1) is 0 Å². The summed E-state index contributed by atoms with van der Waals surface area (Å²) in [6, 6.07) is 16.8. The van der Waals surface area contributed by atoms with Gasteiger partial charge in [0.1, 0.15) is 16.7 Å². The summed E-state index contributed by atoms with van der Waals surface area (Å²) in [5.74, 6) is 0.317. The van der Waals surface area contributed by atoms with Gasteiger partial charge < -0.3 is 15.0 Å². The van der Waals surface area contributed by atoms with E-state index in [2.05, 4.69) is 17.4 Å². The molecule has 2 aliphatic heterocycles. The van der Waals surface area contributed by atoms with Crippen LogP contribution in [0.2, 0.25) is 0 Å². The fourth-order valence-electron chi connectivity index (χ4n) is 3.84. The van der Waals surface area contributed by atoms with E-state index in [0.717, 1.165) is 12.0 Å². The highest BCUT2D eigenvalue weighted by atomic mass is 32.2. The van der Waals surface area contributed by atoms with E-state index >= 15 is 0 Å². The Morgan fingerprint density at radius 3 is 2.73 bits per heavy atom. The lowest BCUT2D eigenvalue weighted by molar-refractivity contribution is -0.158. The lowest BCUT2D eigenvalue weighted by Gasteiger charge is -2.59. The van der Waals surface area contributed by atoms with Crippen LogP contribution in [-0.4, -0.2) is 42.2 Å². The van der Waals surface area contributed by atoms with E-state index in [0.29, 0.717) is 12.3 Å². The van der Waals surface area contributed by atoms with Crippen molar-refractivity contribution in [3.05, 3.63) is 65.7 Å². The molecule has 2 aliphatic rings. The quantitative estimate of drug-likeness (QED) is 0.822. The minimum Gasteiger partial charge on any atom is -0.484 e. The lowest BCUT2D eigenvalue weighted by Crippen LogP contribution is -2.77. The topological polar surface area (TPSA) is 58.6 Å². The second-order valence-corrected chi connectivity index (χ2v) is 7.43. The zero-order valence-electron chi connectivity index (χ0n) is 14.5. The molecule has 2 aromatic rings. The van der Waals surface area contributed by atoms with Crippen molar-refractivity contribution in [1.82, 2.24) is 10.2 Å². The molecule has 5 nitrogen and oxygen atoms in total. The van der Waals surface area contributed by atoms with Gasteiger partial charge in [-0.05, 0) is 35.9 Å². The Hall–Kier alpha value is -2.47. The van der Waals surface area contributed by atoms with Crippen molar-refractivity contribution in [2.24, 2.45) is 0 Å². The maximum Gasteiger partial charge on any atom is 0.258 e. The molecule has 0 aromatic heterocycles. The maximum absolute atomic E-state index is 12.6. The molecule has 134 valence electrons. The summed E-state index contributed by atoms with van der Waals surface area (Å²) in [5, 5.41) is 2.89. The van der Waals surface area contributed by atoms with Crippen LogP contribution in [0.4, 0.5) is 0 Å². The van der Waals surface area contributed by atoms with Crippen LogP contribution < -0.4 is 10.1 Å². The molecule has 6 heteroatoms. The van der Waals surface area contributed by atoms with E-state index in [9.17, 15) is 9.59 Å². The molecule has 2 atom stereocenters. The Balaban J connectivity index is 1.52. The third-order valence-corrected chi connectivity index (χ3v) is 6.34. The van der Waals surface area contributed by atoms with Gasteiger partial charge in [-0.1, -0.05) is 42.5 Å². The SMILES string of the molecule is CSC12c3ccccc3CCN1C(=O)C2NC(=O)COc1ccccc1. The Morgan fingerprint density at radius 2 is 1.96 bits per heavy atom. The third kappa shape index (κ3) is 2.56. The zero-order valence-corrected chi connectivity index (χ0v) is 15.3. The third-order valence-electron chi connectivity index (χ3n) is 5.04. The Morgan fingerprint density at radius 1 is 1.23 bits per heavy atom. The predicted octanol–water partition coefficient (Wildman–Crippen LogP) is 2.16. The van der Waals surface area contributed by atoms with Gasteiger partial charge in [-0.2, -0.15) is 0 Å². The first-order chi connectivity index (χ1) is 12.7. The van der Waals surface area contributed by atoms with Crippen molar-refractivity contribution in [3.8, 4) is 5.75 Å². The average molecular weight is 368 g/mol. The van der Waals surface area contributed by atoms with Crippen molar-refractivity contribution in [3.63, 3.8) is 0 Å². The summed E-state index contributed by atoms with van der Waals surface area (Å²) < 4.78 is 5.50. The monoisotopic (exact) mass is 368 g/mol. The largest absolute Gasteiger partial charge is 0.484 e. The number of fused-ring (bicyclic) bond motifs is 3. The number of para-hydroxylation sites is 1. The Kier molecular flexibility index (Phi) is 4.36. The van der Waals surface area contributed by atoms with Crippen molar-refractivity contribution < 1.29 is 14.3 Å². The lowest BCUT2D eigenvalue weighted by atomic mass is 9.80. The van der Waals surface area contributed by atoms with E-state index in [4.69, 9.17) is 4.74 Å². The van der Waals surface area contributed by atoms with E-state index < -0.39 is 10.9 Å². The molecule has 2 aromatic carbocycles. The number of carbonyl (C=O) groups excluding carboxylic acids is 2. The van der Waals surface area contributed by atoms with Crippen LogP contribution in [0.3, 0.4) is 0 Å². The van der Waals surface area contributed by atoms with Crippen LogP contribution >= 0.6 is 11.8 Å². The number of thioether (sulfide) groups is 1. The van der Waals surface area contributed by atoms with Gasteiger partial charge in [0, 0.05) is 6.54 Å². The van der Waals surface area contributed by atoms with E-state index in [1.165, 1.54) is 5.56 Å². The smallest absolute Gasteiger partial charge is 0.258 e. The van der Waals surface area contributed by atoms with E-state index in [-0.39, 0.29) is 18.4 Å². The molecular weight excluding hydrogens is 348 g/mol. The molecule has 0 aliphatic carbocycles. The van der Waals surface area contributed by atoms with Crippen LogP contribution in [0.1, 0.15) is 11.1 Å². The van der Waals surface area contributed by atoms with Gasteiger partial charge in [0.05, 0.1) is 0 Å². The number of amides is 2. The number of ether oxygens (including phenoxy) is 1. The summed E-state index contributed by atoms with van der Waals surface area (Å²) in [6.07, 6.45) is 2.84. The minimum absolute atomic E-state index is 0.0260. The molecule has 2 amide bonds. The van der Waals surface area contributed by atoms with Crippen LogP contribution in [0.25, 0.3) is 0 Å². The fraction of sp³-hybridized carbons (Fsp3) is 0.300. The Bertz CT molecular complexity index is 842. The summed E-state index contributed by atoms with van der Waals surface area (Å²) >= 11 is 1.60. The average Bonchev–Trinajstić information content (AvgIpc) is 2.69. The number of rotatable bonds is 5.